The minimum absolute atomic E-state index is 0.122. The van der Waals surface area contributed by atoms with Crippen LogP contribution in [0.3, 0.4) is 0 Å². The molecule has 6 nitrogen and oxygen atoms in total. The molecule has 1 saturated heterocycles. The molecule has 1 aliphatic heterocycles. The minimum atomic E-state index is -0.839. The molecule has 1 fully saturated rings. The Morgan fingerprint density at radius 3 is 2.88 bits per heavy atom. The van der Waals surface area contributed by atoms with Gasteiger partial charge >= 0.3 is 4.87 Å². The van der Waals surface area contributed by atoms with Crippen LogP contribution in [-0.4, -0.2) is 29.6 Å². The van der Waals surface area contributed by atoms with E-state index in [9.17, 15) is 9.59 Å². The third-order valence-corrected chi connectivity index (χ3v) is 3.57. The Hall–Kier alpha value is -1.18. The maximum atomic E-state index is 11.9. The Morgan fingerprint density at radius 2 is 2.29 bits per heavy atom. The van der Waals surface area contributed by atoms with Crippen molar-refractivity contribution in [1.82, 2.24) is 10.3 Å². The van der Waals surface area contributed by atoms with E-state index in [-0.39, 0.29) is 10.8 Å². The number of ether oxygens (including phenoxy) is 1. The number of aromatic nitrogens is 1. The molecule has 94 valence electrons. The van der Waals surface area contributed by atoms with Crippen molar-refractivity contribution in [3.63, 3.8) is 0 Å². The molecular weight excluding hydrogens is 242 g/mol. The van der Waals surface area contributed by atoms with E-state index in [1.807, 2.05) is 0 Å². The molecule has 17 heavy (non-hydrogen) atoms. The first kappa shape index (κ1) is 12.3. The topological polar surface area (TPSA) is 97.2 Å². The van der Waals surface area contributed by atoms with Gasteiger partial charge in [-0.15, -0.1) is 0 Å². The van der Waals surface area contributed by atoms with Crippen LogP contribution in [0.25, 0.3) is 0 Å². The second kappa shape index (κ2) is 4.99. The van der Waals surface area contributed by atoms with Crippen molar-refractivity contribution in [1.29, 1.82) is 0 Å². The summed E-state index contributed by atoms with van der Waals surface area (Å²) >= 11 is 1.08. The maximum absolute atomic E-state index is 11.9. The summed E-state index contributed by atoms with van der Waals surface area (Å²) in [6, 6.07) is 0. The van der Waals surface area contributed by atoms with Gasteiger partial charge in [0.2, 0.25) is 5.91 Å². The molecule has 1 aliphatic rings. The van der Waals surface area contributed by atoms with Crippen molar-refractivity contribution in [3.8, 4) is 0 Å². The standard InChI is InChI=1S/C10H15N3O3S/c11-10(1-3-16-4-2-10)8(14)12-5-7-6-17-9(15)13-7/h6H,1-5,11H2,(H,12,14)(H,13,15). The second-order valence-corrected chi connectivity index (χ2v) is 4.97. The predicted molar refractivity (Wildman–Crippen MR) is 63.8 cm³/mol. The summed E-state index contributed by atoms with van der Waals surface area (Å²) in [5.74, 6) is -0.187. The average Bonchev–Trinajstić information content (AvgIpc) is 2.73. The Morgan fingerprint density at radius 1 is 1.59 bits per heavy atom. The molecule has 0 aromatic carbocycles. The summed E-state index contributed by atoms with van der Waals surface area (Å²) in [6.07, 6.45) is 1.05. The van der Waals surface area contributed by atoms with Crippen LogP contribution in [0.1, 0.15) is 18.5 Å². The van der Waals surface area contributed by atoms with Crippen molar-refractivity contribution in [2.24, 2.45) is 5.73 Å². The summed E-state index contributed by atoms with van der Waals surface area (Å²) in [5.41, 5.74) is 5.87. The fraction of sp³-hybridized carbons (Fsp3) is 0.600. The number of amides is 1. The number of H-pyrrole nitrogens is 1. The lowest BCUT2D eigenvalue weighted by molar-refractivity contribution is -0.129. The zero-order valence-corrected chi connectivity index (χ0v) is 10.1. The maximum Gasteiger partial charge on any atom is 0.304 e. The lowest BCUT2D eigenvalue weighted by Gasteiger charge is -2.31. The molecule has 1 aromatic rings. The monoisotopic (exact) mass is 257 g/mol. The van der Waals surface area contributed by atoms with Gasteiger partial charge in [-0.1, -0.05) is 11.3 Å². The lowest BCUT2D eigenvalue weighted by Crippen LogP contribution is -2.56. The highest BCUT2D eigenvalue weighted by Gasteiger charge is 2.35. The van der Waals surface area contributed by atoms with Crippen LogP contribution in [0.4, 0.5) is 0 Å². The third-order valence-electron chi connectivity index (χ3n) is 2.85. The van der Waals surface area contributed by atoms with Gasteiger partial charge in [-0.2, -0.15) is 0 Å². The zero-order chi connectivity index (χ0) is 12.3. The molecule has 4 N–H and O–H groups in total. The predicted octanol–water partition coefficient (Wildman–Crippen LogP) is -0.440. The molecule has 0 spiro atoms. The largest absolute Gasteiger partial charge is 0.381 e. The van der Waals surface area contributed by atoms with Crippen LogP contribution in [0.2, 0.25) is 0 Å². The Kier molecular flexibility index (Phi) is 3.60. The Bertz CT molecular complexity index is 448. The molecule has 1 amide bonds. The summed E-state index contributed by atoms with van der Waals surface area (Å²) < 4.78 is 5.18. The van der Waals surface area contributed by atoms with E-state index in [0.717, 1.165) is 11.3 Å². The summed E-state index contributed by atoms with van der Waals surface area (Å²) in [4.78, 5) is 25.3. The van der Waals surface area contributed by atoms with Gasteiger partial charge in [0.1, 0.15) is 0 Å². The van der Waals surface area contributed by atoms with Gasteiger partial charge in [0, 0.05) is 24.3 Å². The van der Waals surface area contributed by atoms with Gasteiger partial charge in [-0.3, -0.25) is 9.59 Å². The fourth-order valence-electron chi connectivity index (χ4n) is 1.71. The number of nitrogens with two attached hydrogens (primary N) is 1. The van der Waals surface area contributed by atoms with Crippen LogP contribution in [-0.2, 0) is 16.1 Å². The van der Waals surface area contributed by atoms with Crippen LogP contribution in [0.15, 0.2) is 10.2 Å². The number of hydrogen-bond acceptors (Lipinski definition) is 5. The van der Waals surface area contributed by atoms with Gasteiger partial charge in [0.15, 0.2) is 0 Å². The highest BCUT2D eigenvalue weighted by molar-refractivity contribution is 7.07. The summed E-state index contributed by atoms with van der Waals surface area (Å²) in [7, 11) is 0. The van der Waals surface area contributed by atoms with E-state index in [4.69, 9.17) is 10.5 Å². The molecule has 7 heteroatoms. The van der Waals surface area contributed by atoms with E-state index in [1.165, 1.54) is 0 Å². The van der Waals surface area contributed by atoms with E-state index in [2.05, 4.69) is 10.3 Å². The van der Waals surface area contributed by atoms with E-state index in [1.54, 1.807) is 5.38 Å². The molecule has 0 unspecified atom stereocenters. The SMILES string of the molecule is NC1(C(=O)NCc2csc(=O)[nH]2)CCOCC1. The smallest absolute Gasteiger partial charge is 0.304 e. The van der Waals surface area contributed by atoms with Gasteiger partial charge in [0.25, 0.3) is 0 Å². The highest BCUT2D eigenvalue weighted by Crippen LogP contribution is 2.17. The van der Waals surface area contributed by atoms with Gasteiger partial charge in [-0.25, -0.2) is 0 Å². The molecular formula is C10H15N3O3S. The van der Waals surface area contributed by atoms with Gasteiger partial charge < -0.3 is 20.8 Å². The fourth-order valence-corrected chi connectivity index (χ4v) is 2.30. The highest BCUT2D eigenvalue weighted by atomic mass is 32.1. The molecule has 0 aliphatic carbocycles. The first-order chi connectivity index (χ1) is 8.10. The van der Waals surface area contributed by atoms with Crippen molar-refractivity contribution in [3.05, 3.63) is 20.7 Å². The number of carbonyl (C=O) groups is 1. The summed E-state index contributed by atoms with van der Waals surface area (Å²) in [5, 5.41) is 4.43. The molecule has 2 heterocycles. The van der Waals surface area contributed by atoms with Crippen LogP contribution in [0.5, 0.6) is 0 Å². The van der Waals surface area contributed by atoms with Crippen LogP contribution < -0.4 is 15.9 Å². The number of carbonyl (C=O) groups excluding carboxylic acids is 1. The molecule has 2 rings (SSSR count). The van der Waals surface area contributed by atoms with E-state index in [0.29, 0.717) is 38.3 Å². The number of aromatic amines is 1. The van der Waals surface area contributed by atoms with Gasteiger partial charge in [-0.05, 0) is 12.8 Å². The normalized spacial score (nSPS) is 18.9. The Balaban J connectivity index is 1.90. The first-order valence-electron chi connectivity index (χ1n) is 5.42. The quantitative estimate of drug-likeness (QED) is 0.684. The van der Waals surface area contributed by atoms with Crippen LogP contribution in [0, 0.1) is 0 Å². The molecule has 1 aromatic heterocycles. The molecule has 0 saturated carbocycles. The van der Waals surface area contributed by atoms with Crippen molar-refractivity contribution in [2.45, 2.75) is 24.9 Å². The Labute approximate surface area is 102 Å². The van der Waals surface area contributed by atoms with Crippen molar-refractivity contribution >= 4 is 17.2 Å². The molecule has 0 bridgehead atoms. The summed E-state index contributed by atoms with van der Waals surface area (Å²) in [6.45, 7) is 1.33. The minimum Gasteiger partial charge on any atom is -0.381 e. The zero-order valence-electron chi connectivity index (χ0n) is 9.32. The third kappa shape index (κ3) is 2.93. The molecule has 0 radical (unpaired) electrons. The number of nitrogens with one attached hydrogen (secondary N) is 2. The number of thiazole rings is 1. The second-order valence-electron chi connectivity index (χ2n) is 4.12. The van der Waals surface area contributed by atoms with Gasteiger partial charge in [0.05, 0.1) is 12.1 Å². The van der Waals surface area contributed by atoms with E-state index >= 15 is 0 Å². The molecule has 0 atom stereocenters. The number of hydrogen-bond donors (Lipinski definition) is 3. The average molecular weight is 257 g/mol. The van der Waals surface area contributed by atoms with E-state index < -0.39 is 5.54 Å². The first-order valence-corrected chi connectivity index (χ1v) is 6.30. The van der Waals surface area contributed by atoms with Crippen LogP contribution >= 0.6 is 11.3 Å². The lowest BCUT2D eigenvalue weighted by atomic mass is 9.90. The van der Waals surface area contributed by atoms with Crippen molar-refractivity contribution in [2.75, 3.05) is 13.2 Å². The number of rotatable bonds is 3. The van der Waals surface area contributed by atoms with Crippen molar-refractivity contribution < 1.29 is 9.53 Å².